The van der Waals surface area contributed by atoms with Gasteiger partial charge in [0.2, 0.25) is 5.91 Å². The Bertz CT molecular complexity index is 671. The summed E-state index contributed by atoms with van der Waals surface area (Å²) in [6.45, 7) is 2.69. The van der Waals surface area contributed by atoms with Crippen LogP contribution in [0.15, 0.2) is 30.3 Å². The molecule has 0 spiro atoms. The van der Waals surface area contributed by atoms with Crippen molar-refractivity contribution in [1.82, 2.24) is 10.6 Å². The van der Waals surface area contributed by atoms with Crippen LogP contribution in [0.1, 0.15) is 57.4 Å². The van der Waals surface area contributed by atoms with E-state index in [4.69, 9.17) is 4.74 Å². The number of ether oxygens (including phenoxy) is 1. The molecule has 160 valence electrons. The number of rotatable bonds is 11. The number of amides is 2. The van der Waals surface area contributed by atoms with Crippen LogP contribution in [0.5, 0.6) is 0 Å². The molecule has 1 atom stereocenters. The van der Waals surface area contributed by atoms with Crippen molar-refractivity contribution in [2.75, 3.05) is 13.1 Å². The third-order valence-electron chi connectivity index (χ3n) is 5.56. The van der Waals surface area contributed by atoms with Crippen molar-refractivity contribution < 1.29 is 24.2 Å². The summed E-state index contributed by atoms with van der Waals surface area (Å²) < 4.78 is 5.13. The number of hydrogen-bond donors (Lipinski definition) is 3. The van der Waals surface area contributed by atoms with Crippen LogP contribution >= 0.6 is 0 Å². The number of carbonyl (C=O) groups is 3. The van der Waals surface area contributed by atoms with Crippen molar-refractivity contribution in [3.05, 3.63) is 35.9 Å². The maximum absolute atomic E-state index is 12.8. The molecule has 0 bridgehead atoms. The molecule has 1 aromatic carbocycles. The molecule has 1 aliphatic rings. The minimum absolute atomic E-state index is 0.100. The first kappa shape index (κ1) is 22.7. The smallest absolute Gasteiger partial charge is 0.407 e. The van der Waals surface area contributed by atoms with Crippen LogP contribution in [0.25, 0.3) is 0 Å². The van der Waals surface area contributed by atoms with Crippen LogP contribution in [0, 0.1) is 11.3 Å². The number of hydrogen-bond acceptors (Lipinski definition) is 4. The van der Waals surface area contributed by atoms with Crippen LogP contribution in [0.2, 0.25) is 0 Å². The molecule has 1 aliphatic carbocycles. The minimum atomic E-state index is -0.825. The highest BCUT2D eigenvalue weighted by atomic mass is 16.5. The highest BCUT2D eigenvalue weighted by Gasteiger charge is 2.43. The van der Waals surface area contributed by atoms with Gasteiger partial charge < -0.3 is 20.5 Å². The summed E-state index contributed by atoms with van der Waals surface area (Å²) in [6, 6.07) is 9.39. The fourth-order valence-corrected chi connectivity index (χ4v) is 4.01. The van der Waals surface area contributed by atoms with Crippen LogP contribution in [0.4, 0.5) is 4.79 Å². The van der Waals surface area contributed by atoms with Gasteiger partial charge in [0.05, 0.1) is 5.92 Å². The SMILES string of the molecule is CCCC(CC1(C(=O)NCCNC(=O)OCc2ccccc2)CCCC1)C(=O)O. The van der Waals surface area contributed by atoms with Crippen molar-refractivity contribution in [3.63, 3.8) is 0 Å². The summed E-state index contributed by atoms with van der Waals surface area (Å²) >= 11 is 0. The summed E-state index contributed by atoms with van der Waals surface area (Å²) in [7, 11) is 0. The van der Waals surface area contributed by atoms with E-state index in [0.29, 0.717) is 12.8 Å². The average Bonchev–Trinajstić information content (AvgIpc) is 3.20. The zero-order valence-electron chi connectivity index (χ0n) is 17.1. The molecule has 2 rings (SSSR count). The van der Waals surface area contributed by atoms with Crippen LogP contribution in [-0.2, 0) is 20.9 Å². The lowest BCUT2D eigenvalue weighted by molar-refractivity contribution is -0.144. The van der Waals surface area contributed by atoms with E-state index in [-0.39, 0.29) is 25.6 Å². The van der Waals surface area contributed by atoms with E-state index < -0.39 is 23.4 Å². The van der Waals surface area contributed by atoms with Gasteiger partial charge in [-0.1, -0.05) is 56.5 Å². The molecule has 29 heavy (non-hydrogen) atoms. The fourth-order valence-electron chi connectivity index (χ4n) is 4.01. The normalized spacial score (nSPS) is 16.0. The maximum Gasteiger partial charge on any atom is 0.407 e. The molecule has 7 heteroatoms. The Morgan fingerprint density at radius 1 is 1.10 bits per heavy atom. The number of carboxylic acid groups (broad SMARTS) is 1. The number of aliphatic carboxylic acids is 1. The van der Waals surface area contributed by atoms with Crippen molar-refractivity contribution >= 4 is 18.0 Å². The Labute approximate surface area is 172 Å². The summed E-state index contributed by atoms with van der Waals surface area (Å²) in [5, 5.41) is 15.0. The van der Waals surface area contributed by atoms with E-state index >= 15 is 0 Å². The molecule has 1 saturated carbocycles. The maximum atomic E-state index is 12.8. The average molecular weight is 405 g/mol. The lowest BCUT2D eigenvalue weighted by Crippen LogP contribution is -2.44. The first-order valence-corrected chi connectivity index (χ1v) is 10.4. The Kier molecular flexibility index (Phi) is 8.96. The van der Waals surface area contributed by atoms with Crippen molar-refractivity contribution in [1.29, 1.82) is 0 Å². The number of carbonyl (C=O) groups excluding carboxylic acids is 2. The molecule has 0 aromatic heterocycles. The third kappa shape index (κ3) is 7.07. The van der Waals surface area contributed by atoms with E-state index in [2.05, 4.69) is 10.6 Å². The second-order valence-corrected chi connectivity index (χ2v) is 7.76. The van der Waals surface area contributed by atoms with Gasteiger partial charge in [0.1, 0.15) is 6.61 Å². The molecule has 0 heterocycles. The summed E-state index contributed by atoms with van der Waals surface area (Å²) in [4.78, 5) is 36.1. The fraction of sp³-hybridized carbons (Fsp3) is 0.591. The number of carboxylic acids is 1. The van der Waals surface area contributed by atoms with Gasteiger partial charge in [-0.2, -0.15) is 0 Å². The number of benzene rings is 1. The number of nitrogens with one attached hydrogen (secondary N) is 2. The van der Waals surface area contributed by atoms with Crippen molar-refractivity contribution in [2.24, 2.45) is 11.3 Å². The largest absolute Gasteiger partial charge is 0.481 e. The van der Waals surface area contributed by atoms with Crippen LogP contribution in [-0.4, -0.2) is 36.2 Å². The molecule has 1 unspecified atom stereocenters. The Morgan fingerprint density at radius 3 is 2.38 bits per heavy atom. The first-order chi connectivity index (χ1) is 14.0. The van der Waals surface area contributed by atoms with E-state index in [1.165, 1.54) is 0 Å². The molecule has 2 amide bonds. The molecule has 1 aromatic rings. The molecule has 0 radical (unpaired) electrons. The minimum Gasteiger partial charge on any atom is -0.481 e. The van der Waals surface area contributed by atoms with E-state index in [1.807, 2.05) is 37.3 Å². The van der Waals surface area contributed by atoms with Crippen LogP contribution in [0.3, 0.4) is 0 Å². The van der Waals surface area contributed by atoms with E-state index in [9.17, 15) is 19.5 Å². The van der Waals surface area contributed by atoms with Gasteiger partial charge in [0, 0.05) is 18.5 Å². The van der Waals surface area contributed by atoms with Crippen molar-refractivity contribution in [2.45, 2.75) is 58.5 Å². The second kappa shape index (κ2) is 11.4. The summed E-state index contributed by atoms with van der Waals surface area (Å²) in [5.41, 5.74) is 0.297. The van der Waals surface area contributed by atoms with Gasteiger partial charge in [-0.05, 0) is 31.2 Å². The zero-order chi connectivity index (χ0) is 21.1. The molecule has 0 aliphatic heterocycles. The predicted octanol–water partition coefficient (Wildman–Crippen LogP) is 3.48. The second-order valence-electron chi connectivity index (χ2n) is 7.76. The molecule has 7 nitrogen and oxygen atoms in total. The van der Waals surface area contributed by atoms with Crippen LogP contribution < -0.4 is 10.6 Å². The van der Waals surface area contributed by atoms with Gasteiger partial charge in [-0.15, -0.1) is 0 Å². The monoisotopic (exact) mass is 404 g/mol. The van der Waals surface area contributed by atoms with Gasteiger partial charge in [-0.25, -0.2) is 4.79 Å². The summed E-state index contributed by atoms with van der Waals surface area (Å²) in [5.74, 6) is -1.42. The predicted molar refractivity (Wildman–Crippen MR) is 109 cm³/mol. The topological polar surface area (TPSA) is 105 Å². The van der Waals surface area contributed by atoms with Crippen molar-refractivity contribution in [3.8, 4) is 0 Å². The van der Waals surface area contributed by atoms with Gasteiger partial charge in [0.15, 0.2) is 0 Å². The Morgan fingerprint density at radius 2 is 1.76 bits per heavy atom. The molecule has 1 fully saturated rings. The molecular formula is C22H32N2O5. The number of alkyl carbamates (subject to hydrolysis) is 1. The summed E-state index contributed by atoms with van der Waals surface area (Å²) in [6.07, 6.45) is 4.54. The van der Waals surface area contributed by atoms with E-state index in [0.717, 1.165) is 37.7 Å². The lowest BCUT2D eigenvalue weighted by atomic mass is 9.75. The quantitative estimate of drug-likeness (QED) is 0.490. The Balaban J connectivity index is 1.75. The zero-order valence-corrected chi connectivity index (χ0v) is 17.1. The molecule has 3 N–H and O–H groups in total. The highest BCUT2D eigenvalue weighted by Crippen LogP contribution is 2.44. The highest BCUT2D eigenvalue weighted by molar-refractivity contribution is 5.84. The van der Waals surface area contributed by atoms with Gasteiger partial charge in [-0.3, -0.25) is 9.59 Å². The standard InChI is InChI=1S/C22H32N2O5/c1-2-8-18(19(25)26)15-22(11-6-7-12-22)20(27)23-13-14-24-21(28)29-16-17-9-4-3-5-10-17/h3-5,9-10,18H,2,6-8,11-16H2,1H3,(H,23,27)(H,24,28)(H,25,26). The third-order valence-corrected chi connectivity index (χ3v) is 5.56. The first-order valence-electron chi connectivity index (χ1n) is 10.4. The van der Waals surface area contributed by atoms with Gasteiger partial charge in [0.25, 0.3) is 0 Å². The molecule has 0 saturated heterocycles. The van der Waals surface area contributed by atoms with E-state index in [1.54, 1.807) is 0 Å². The van der Waals surface area contributed by atoms with Gasteiger partial charge >= 0.3 is 12.1 Å². The molecular weight excluding hydrogens is 372 g/mol. The lowest BCUT2D eigenvalue weighted by Gasteiger charge is -2.30. The Hall–Kier alpha value is -2.57.